The van der Waals surface area contributed by atoms with Crippen molar-refractivity contribution in [3.63, 3.8) is 0 Å². The molecule has 0 spiro atoms. The van der Waals surface area contributed by atoms with E-state index in [0.717, 1.165) is 25.8 Å². The maximum absolute atomic E-state index is 12.0. The molecule has 0 bridgehead atoms. The number of nitrogens with one attached hydrogen (secondary N) is 1. The van der Waals surface area contributed by atoms with Crippen LogP contribution in [0.4, 0.5) is 0 Å². The summed E-state index contributed by atoms with van der Waals surface area (Å²) in [5.74, 6) is 0.278. The third kappa shape index (κ3) is 33.5. The first-order valence-corrected chi connectivity index (χ1v) is 18.1. The summed E-state index contributed by atoms with van der Waals surface area (Å²) in [5, 5.41) is 3.14. The van der Waals surface area contributed by atoms with E-state index in [4.69, 9.17) is 0 Å². The van der Waals surface area contributed by atoms with Crippen molar-refractivity contribution < 1.29 is 4.79 Å². The summed E-state index contributed by atoms with van der Waals surface area (Å²) in [6.07, 6.45) is 43.7. The van der Waals surface area contributed by atoms with Gasteiger partial charge in [-0.15, -0.1) is 0 Å². The van der Waals surface area contributed by atoms with Crippen LogP contribution in [0, 0.1) is 0 Å². The molecule has 1 N–H and O–H groups in total. The number of rotatable bonds is 33. The van der Waals surface area contributed by atoms with Gasteiger partial charge in [-0.1, -0.05) is 200 Å². The van der Waals surface area contributed by atoms with E-state index in [9.17, 15) is 4.79 Å². The van der Waals surface area contributed by atoms with Crippen LogP contribution in [0.25, 0.3) is 0 Å². The van der Waals surface area contributed by atoms with Gasteiger partial charge in [0.2, 0.25) is 5.91 Å². The predicted molar refractivity (Wildman–Crippen MR) is 172 cm³/mol. The lowest BCUT2D eigenvalue weighted by Gasteiger charge is -2.06. The Balaban J connectivity index is 3.14. The molecule has 0 fully saturated rings. The van der Waals surface area contributed by atoms with Gasteiger partial charge in [0, 0.05) is 13.0 Å². The second-order valence-electron chi connectivity index (χ2n) is 12.4. The molecule has 0 aliphatic heterocycles. The third-order valence-corrected chi connectivity index (χ3v) is 8.36. The zero-order valence-electron chi connectivity index (χ0n) is 26.7. The summed E-state index contributed by atoms with van der Waals surface area (Å²) >= 11 is 0. The molecule has 0 aliphatic rings. The number of amides is 1. The second-order valence-corrected chi connectivity index (χ2v) is 12.4. The Hall–Kier alpha value is -0.530. The first-order valence-electron chi connectivity index (χ1n) is 18.1. The van der Waals surface area contributed by atoms with Crippen LogP contribution < -0.4 is 5.32 Å². The Morgan fingerprint density at radius 2 is 0.579 bits per heavy atom. The molecule has 0 rings (SSSR count). The van der Waals surface area contributed by atoms with E-state index in [0.29, 0.717) is 0 Å². The van der Waals surface area contributed by atoms with Crippen molar-refractivity contribution in [3.8, 4) is 0 Å². The van der Waals surface area contributed by atoms with E-state index in [1.54, 1.807) is 0 Å². The van der Waals surface area contributed by atoms with Crippen molar-refractivity contribution >= 4 is 5.91 Å². The molecule has 0 aromatic carbocycles. The molecule has 0 aromatic rings. The summed E-state index contributed by atoms with van der Waals surface area (Å²) in [4.78, 5) is 12.0. The molecule has 0 unspecified atom stereocenters. The van der Waals surface area contributed by atoms with Crippen LogP contribution in [-0.4, -0.2) is 12.5 Å². The van der Waals surface area contributed by atoms with E-state index >= 15 is 0 Å². The molecule has 0 atom stereocenters. The van der Waals surface area contributed by atoms with Crippen LogP contribution in [-0.2, 0) is 4.79 Å². The van der Waals surface area contributed by atoms with Gasteiger partial charge in [0.15, 0.2) is 0 Å². The topological polar surface area (TPSA) is 29.1 Å². The number of hydrogen-bond donors (Lipinski definition) is 1. The summed E-state index contributed by atoms with van der Waals surface area (Å²) < 4.78 is 0. The molecular formula is C36H73NO. The molecule has 0 radical (unpaired) electrons. The van der Waals surface area contributed by atoms with Crippen molar-refractivity contribution in [2.24, 2.45) is 0 Å². The summed E-state index contributed by atoms with van der Waals surface area (Å²) in [5.41, 5.74) is 0. The predicted octanol–water partition coefficient (Wildman–Crippen LogP) is 12.6. The monoisotopic (exact) mass is 536 g/mol. The van der Waals surface area contributed by atoms with Gasteiger partial charge in [-0.05, 0) is 12.8 Å². The lowest BCUT2D eigenvalue weighted by Crippen LogP contribution is -2.23. The summed E-state index contributed by atoms with van der Waals surface area (Å²) in [6, 6.07) is 0. The maximum atomic E-state index is 12.0. The van der Waals surface area contributed by atoms with Gasteiger partial charge < -0.3 is 5.32 Å². The number of unbranched alkanes of at least 4 members (excludes halogenated alkanes) is 29. The van der Waals surface area contributed by atoms with Gasteiger partial charge in [-0.25, -0.2) is 0 Å². The van der Waals surface area contributed by atoms with Gasteiger partial charge in [-0.2, -0.15) is 0 Å². The van der Waals surface area contributed by atoms with Gasteiger partial charge in [-0.3, -0.25) is 4.79 Å². The molecule has 0 aromatic heterocycles. The van der Waals surface area contributed by atoms with Crippen LogP contribution >= 0.6 is 0 Å². The Labute approximate surface area is 241 Å². The molecule has 0 heterocycles. The van der Waals surface area contributed by atoms with Crippen LogP contribution in [0.1, 0.15) is 219 Å². The number of carbonyl (C=O) groups is 1. The molecule has 0 saturated heterocycles. The molecular weight excluding hydrogens is 462 g/mol. The minimum absolute atomic E-state index is 0.278. The lowest BCUT2D eigenvalue weighted by atomic mass is 10.0. The van der Waals surface area contributed by atoms with Crippen molar-refractivity contribution in [2.45, 2.75) is 219 Å². The molecule has 0 aliphatic carbocycles. The summed E-state index contributed by atoms with van der Waals surface area (Å²) in [7, 11) is 0. The highest BCUT2D eigenvalue weighted by molar-refractivity contribution is 5.75. The maximum Gasteiger partial charge on any atom is 0.219 e. The second kappa shape index (κ2) is 34.5. The zero-order chi connectivity index (χ0) is 27.6. The SMILES string of the molecule is CCCCCCCCCCCCCCCCCCNC(=O)CCCCCCCCCCCCCCCCC. The first kappa shape index (κ1) is 37.5. The highest BCUT2D eigenvalue weighted by atomic mass is 16.1. The number of carbonyl (C=O) groups excluding carboxylic acids is 1. The van der Waals surface area contributed by atoms with Crippen LogP contribution in [0.3, 0.4) is 0 Å². The number of hydrogen-bond acceptors (Lipinski definition) is 1. The Kier molecular flexibility index (Phi) is 34.0. The largest absolute Gasteiger partial charge is 0.356 e. The van der Waals surface area contributed by atoms with Crippen LogP contribution in [0.2, 0.25) is 0 Å². The fourth-order valence-electron chi connectivity index (χ4n) is 5.65. The molecule has 2 heteroatoms. The van der Waals surface area contributed by atoms with Gasteiger partial charge in [0.05, 0.1) is 0 Å². The van der Waals surface area contributed by atoms with Crippen LogP contribution in [0.5, 0.6) is 0 Å². The Morgan fingerprint density at radius 3 is 0.868 bits per heavy atom. The molecule has 1 amide bonds. The van der Waals surface area contributed by atoms with E-state index in [-0.39, 0.29) is 5.91 Å². The van der Waals surface area contributed by atoms with Crippen molar-refractivity contribution in [3.05, 3.63) is 0 Å². The first-order chi connectivity index (χ1) is 18.8. The minimum atomic E-state index is 0.278. The average Bonchev–Trinajstić information content (AvgIpc) is 2.92. The standard InChI is InChI=1S/C36H73NO/c1-3-5-7-9-11-13-15-17-19-21-23-25-27-29-31-33-35-37-36(38)34-32-30-28-26-24-22-20-18-16-14-12-10-8-6-4-2/h3-35H2,1-2H3,(H,37,38). The quantitative estimate of drug-likeness (QED) is 0.0832. The van der Waals surface area contributed by atoms with E-state index in [2.05, 4.69) is 19.2 Å². The zero-order valence-corrected chi connectivity index (χ0v) is 26.7. The molecule has 2 nitrogen and oxygen atoms in total. The Bertz CT molecular complexity index is 435. The molecule has 228 valence electrons. The van der Waals surface area contributed by atoms with Crippen molar-refractivity contribution in [1.82, 2.24) is 5.32 Å². The van der Waals surface area contributed by atoms with Gasteiger partial charge in [0.25, 0.3) is 0 Å². The highest BCUT2D eigenvalue weighted by Gasteiger charge is 2.01. The van der Waals surface area contributed by atoms with Crippen molar-refractivity contribution in [2.75, 3.05) is 6.54 Å². The highest BCUT2D eigenvalue weighted by Crippen LogP contribution is 2.15. The Morgan fingerprint density at radius 1 is 0.342 bits per heavy atom. The van der Waals surface area contributed by atoms with E-state index in [1.807, 2.05) is 0 Å². The fourth-order valence-corrected chi connectivity index (χ4v) is 5.65. The average molecular weight is 536 g/mol. The van der Waals surface area contributed by atoms with E-state index < -0.39 is 0 Å². The van der Waals surface area contributed by atoms with E-state index in [1.165, 1.54) is 186 Å². The van der Waals surface area contributed by atoms with Gasteiger partial charge in [0.1, 0.15) is 0 Å². The fraction of sp³-hybridized carbons (Fsp3) is 0.972. The summed E-state index contributed by atoms with van der Waals surface area (Å²) in [6.45, 7) is 5.47. The normalized spacial score (nSPS) is 11.3. The smallest absolute Gasteiger partial charge is 0.219 e. The van der Waals surface area contributed by atoms with Gasteiger partial charge >= 0.3 is 0 Å². The minimum Gasteiger partial charge on any atom is -0.356 e. The third-order valence-electron chi connectivity index (χ3n) is 8.36. The molecule has 0 saturated carbocycles. The molecule has 38 heavy (non-hydrogen) atoms. The van der Waals surface area contributed by atoms with Crippen LogP contribution in [0.15, 0.2) is 0 Å². The van der Waals surface area contributed by atoms with Crippen molar-refractivity contribution in [1.29, 1.82) is 0 Å². The lowest BCUT2D eigenvalue weighted by molar-refractivity contribution is -0.121.